The van der Waals surface area contributed by atoms with Gasteiger partial charge in [-0.3, -0.25) is 4.79 Å². The molecule has 0 bridgehead atoms. The van der Waals surface area contributed by atoms with Gasteiger partial charge in [-0.25, -0.2) is 5.43 Å². The number of carbonyl (C=O) groups is 1. The molecule has 118 valence electrons. The van der Waals surface area contributed by atoms with Gasteiger partial charge in [-0.05, 0) is 59.0 Å². The lowest BCUT2D eigenvalue weighted by Gasteiger charge is -2.05. The predicted molar refractivity (Wildman–Crippen MR) is 97.9 cm³/mol. The van der Waals surface area contributed by atoms with Crippen molar-refractivity contribution in [3.8, 4) is 0 Å². The number of aryl methyl sites for hydroxylation is 2. The Morgan fingerprint density at radius 3 is 2.54 bits per heavy atom. The molecule has 0 fully saturated rings. The third-order valence-corrected chi connectivity index (χ3v) is 4.64. The van der Waals surface area contributed by atoms with Crippen LogP contribution in [-0.2, 0) is 12.8 Å². The lowest BCUT2D eigenvalue weighted by Crippen LogP contribution is -2.17. The summed E-state index contributed by atoms with van der Waals surface area (Å²) in [5, 5.41) is 7.24. The third kappa shape index (κ3) is 2.68. The smallest absolute Gasteiger partial charge is 0.267 e. The summed E-state index contributed by atoms with van der Waals surface area (Å²) in [5.74, 6) is -0.256. The van der Waals surface area contributed by atoms with Crippen LogP contribution in [0.25, 0.3) is 10.8 Å². The second-order valence-electron chi connectivity index (χ2n) is 5.86. The van der Waals surface area contributed by atoms with Crippen LogP contribution in [0.2, 0.25) is 5.02 Å². The number of hydrogen-bond acceptors (Lipinski definition) is 2. The van der Waals surface area contributed by atoms with Crippen LogP contribution in [0.1, 0.15) is 27.0 Å². The third-order valence-electron chi connectivity index (χ3n) is 4.39. The number of hydrazone groups is 1. The van der Waals surface area contributed by atoms with E-state index in [9.17, 15) is 4.79 Å². The summed E-state index contributed by atoms with van der Waals surface area (Å²) in [5.41, 5.74) is 6.88. The summed E-state index contributed by atoms with van der Waals surface area (Å²) in [6.45, 7) is 0. The lowest BCUT2D eigenvalue weighted by atomic mass is 10.0. The number of hydrogen-bond donors (Lipinski definition) is 1. The maximum atomic E-state index is 12.1. The largest absolute Gasteiger partial charge is 0.271 e. The van der Waals surface area contributed by atoms with Gasteiger partial charge in [0.05, 0.1) is 6.21 Å². The fourth-order valence-electron chi connectivity index (χ4n) is 3.21. The molecule has 0 heterocycles. The fourth-order valence-corrected chi connectivity index (χ4v) is 3.33. The highest BCUT2D eigenvalue weighted by atomic mass is 35.5. The molecule has 4 heteroatoms. The Hall–Kier alpha value is -2.65. The Morgan fingerprint density at radius 1 is 1.00 bits per heavy atom. The van der Waals surface area contributed by atoms with Crippen LogP contribution in [0.15, 0.2) is 59.7 Å². The van der Waals surface area contributed by atoms with E-state index in [1.165, 1.54) is 21.9 Å². The predicted octanol–water partition coefficient (Wildman–Crippen LogP) is 4.36. The van der Waals surface area contributed by atoms with Crippen LogP contribution in [0.4, 0.5) is 0 Å². The molecule has 24 heavy (non-hydrogen) atoms. The van der Waals surface area contributed by atoms with Crippen LogP contribution >= 0.6 is 11.6 Å². The maximum absolute atomic E-state index is 12.1. The van der Waals surface area contributed by atoms with Gasteiger partial charge >= 0.3 is 0 Å². The van der Waals surface area contributed by atoms with Crippen LogP contribution in [0.3, 0.4) is 0 Å². The van der Waals surface area contributed by atoms with Gasteiger partial charge in [0.15, 0.2) is 0 Å². The Labute approximate surface area is 145 Å². The average Bonchev–Trinajstić information content (AvgIpc) is 3.02. The molecule has 1 aliphatic carbocycles. The summed E-state index contributed by atoms with van der Waals surface area (Å²) >= 11 is 5.83. The number of nitrogens with zero attached hydrogens (tertiary/aromatic N) is 1. The van der Waals surface area contributed by atoms with Gasteiger partial charge in [0.2, 0.25) is 0 Å². The van der Waals surface area contributed by atoms with E-state index in [2.05, 4.69) is 40.9 Å². The summed E-state index contributed by atoms with van der Waals surface area (Å²) in [7, 11) is 0. The minimum Gasteiger partial charge on any atom is -0.267 e. The molecular weight excluding hydrogens is 320 g/mol. The molecule has 0 radical (unpaired) electrons. The first-order valence-electron chi connectivity index (χ1n) is 7.85. The van der Waals surface area contributed by atoms with Crippen LogP contribution in [0, 0.1) is 0 Å². The second kappa shape index (κ2) is 6.10. The molecule has 0 saturated carbocycles. The highest BCUT2D eigenvalue weighted by Crippen LogP contribution is 2.32. The Morgan fingerprint density at radius 2 is 1.75 bits per heavy atom. The highest BCUT2D eigenvalue weighted by molar-refractivity contribution is 6.30. The van der Waals surface area contributed by atoms with E-state index in [0.717, 1.165) is 18.4 Å². The second-order valence-corrected chi connectivity index (χ2v) is 6.30. The van der Waals surface area contributed by atoms with Gasteiger partial charge in [-0.1, -0.05) is 41.9 Å². The number of carbonyl (C=O) groups excluding carboxylic acids is 1. The summed E-state index contributed by atoms with van der Waals surface area (Å²) in [4.78, 5) is 12.1. The van der Waals surface area contributed by atoms with Crippen LogP contribution in [0.5, 0.6) is 0 Å². The van der Waals surface area contributed by atoms with Gasteiger partial charge in [0.1, 0.15) is 0 Å². The highest BCUT2D eigenvalue weighted by Gasteiger charge is 2.15. The van der Waals surface area contributed by atoms with Crippen molar-refractivity contribution in [3.63, 3.8) is 0 Å². The summed E-state index contributed by atoms with van der Waals surface area (Å²) in [6, 6.07) is 17.3. The minimum absolute atomic E-state index is 0.256. The van der Waals surface area contributed by atoms with E-state index in [1.54, 1.807) is 30.5 Å². The van der Waals surface area contributed by atoms with Crippen LogP contribution < -0.4 is 5.43 Å². The summed E-state index contributed by atoms with van der Waals surface area (Å²) in [6.07, 6.45) is 3.90. The maximum Gasteiger partial charge on any atom is 0.271 e. The molecule has 1 amide bonds. The molecule has 3 nitrogen and oxygen atoms in total. The SMILES string of the molecule is O=C(N/N=C\c1ccc2c3c(cccc13)CC2)c1ccc(Cl)cc1. The number of halogens is 1. The van der Waals surface area contributed by atoms with Gasteiger partial charge in [-0.15, -0.1) is 0 Å². The standard InChI is InChI=1S/C20H15ClN2O/c21-17-10-8-15(9-11-17)20(24)23-22-12-16-7-6-14-5-4-13-2-1-3-18(16)19(13)14/h1-3,6-12H,4-5H2,(H,23,24)/b22-12-. The molecule has 0 aromatic heterocycles. The Bertz CT molecular complexity index is 951. The van der Waals surface area contributed by atoms with Crippen molar-refractivity contribution < 1.29 is 4.79 Å². The molecule has 0 saturated heterocycles. The number of amides is 1. The lowest BCUT2D eigenvalue weighted by molar-refractivity contribution is 0.0955. The first kappa shape index (κ1) is 14.9. The van der Waals surface area contributed by atoms with Crippen molar-refractivity contribution in [2.45, 2.75) is 12.8 Å². The molecule has 0 unspecified atom stereocenters. The van der Waals surface area contributed by atoms with E-state index < -0.39 is 0 Å². The fraction of sp³-hybridized carbons (Fsp3) is 0.100. The van der Waals surface area contributed by atoms with E-state index in [0.29, 0.717) is 10.6 Å². The van der Waals surface area contributed by atoms with Gasteiger partial charge in [0, 0.05) is 16.1 Å². The molecule has 1 N–H and O–H groups in total. The zero-order chi connectivity index (χ0) is 16.5. The van der Waals surface area contributed by atoms with Gasteiger partial charge in [0.25, 0.3) is 5.91 Å². The Kier molecular flexibility index (Phi) is 3.79. The van der Waals surface area contributed by atoms with Crippen molar-refractivity contribution in [2.24, 2.45) is 5.10 Å². The zero-order valence-electron chi connectivity index (χ0n) is 12.9. The topological polar surface area (TPSA) is 41.5 Å². The van der Waals surface area contributed by atoms with Crippen molar-refractivity contribution in [1.29, 1.82) is 0 Å². The van der Waals surface area contributed by atoms with Crippen molar-refractivity contribution >= 4 is 34.5 Å². The monoisotopic (exact) mass is 334 g/mol. The molecule has 3 aromatic rings. The normalized spacial score (nSPS) is 12.9. The first-order chi connectivity index (χ1) is 11.7. The van der Waals surface area contributed by atoms with Crippen molar-refractivity contribution in [2.75, 3.05) is 0 Å². The van der Waals surface area contributed by atoms with Gasteiger partial charge in [-0.2, -0.15) is 5.10 Å². The quantitative estimate of drug-likeness (QED) is 0.561. The van der Waals surface area contributed by atoms with Crippen LogP contribution in [-0.4, -0.2) is 12.1 Å². The van der Waals surface area contributed by atoms with E-state index in [4.69, 9.17) is 11.6 Å². The zero-order valence-corrected chi connectivity index (χ0v) is 13.7. The molecule has 1 aliphatic rings. The Balaban J connectivity index is 1.58. The van der Waals surface area contributed by atoms with E-state index in [-0.39, 0.29) is 5.91 Å². The van der Waals surface area contributed by atoms with Gasteiger partial charge < -0.3 is 0 Å². The van der Waals surface area contributed by atoms with Crippen molar-refractivity contribution in [1.82, 2.24) is 5.43 Å². The number of nitrogens with one attached hydrogen (secondary N) is 1. The molecule has 0 spiro atoms. The molecule has 3 aromatic carbocycles. The average molecular weight is 335 g/mol. The van der Waals surface area contributed by atoms with Crippen molar-refractivity contribution in [3.05, 3.63) is 81.9 Å². The first-order valence-corrected chi connectivity index (χ1v) is 8.22. The molecule has 4 rings (SSSR count). The molecular formula is C20H15ClN2O. The minimum atomic E-state index is -0.256. The summed E-state index contributed by atoms with van der Waals surface area (Å²) < 4.78 is 0. The van der Waals surface area contributed by atoms with E-state index >= 15 is 0 Å². The molecule has 0 atom stereocenters. The van der Waals surface area contributed by atoms with E-state index in [1.807, 2.05) is 0 Å². The number of benzene rings is 3. The number of rotatable bonds is 3. The molecule has 0 aliphatic heterocycles.